The molecule has 2 fully saturated rings. The van der Waals surface area contributed by atoms with E-state index >= 15 is 0 Å². The Morgan fingerprint density at radius 3 is 2.57 bits per heavy atom. The Kier molecular flexibility index (Phi) is 4.66. The van der Waals surface area contributed by atoms with Crippen LogP contribution in [-0.4, -0.2) is 36.3 Å². The SMILES string of the molecule is C[C@@H]1CN(c2c(Cl)cccc2/C=C2\SC(=O)NC2=O)C[C@H](C)N1. The zero-order valence-corrected chi connectivity index (χ0v) is 14.5. The normalized spacial score (nSPS) is 26.7. The molecule has 5 nitrogen and oxygen atoms in total. The number of hydrogen-bond donors (Lipinski definition) is 2. The van der Waals surface area contributed by atoms with Crippen LogP contribution in [0.5, 0.6) is 0 Å². The van der Waals surface area contributed by atoms with Gasteiger partial charge in [0.2, 0.25) is 0 Å². The lowest BCUT2D eigenvalue weighted by molar-refractivity contribution is -0.115. The van der Waals surface area contributed by atoms with E-state index in [0.29, 0.717) is 22.0 Å². The van der Waals surface area contributed by atoms with Gasteiger partial charge in [-0.15, -0.1) is 0 Å². The molecular weight excluding hydrogens is 334 g/mol. The van der Waals surface area contributed by atoms with Gasteiger partial charge in [0.05, 0.1) is 15.6 Å². The number of carbonyl (C=O) groups is 2. The van der Waals surface area contributed by atoms with Crippen LogP contribution in [0.1, 0.15) is 19.4 Å². The molecule has 2 saturated heterocycles. The fraction of sp³-hybridized carbons (Fsp3) is 0.375. The van der Waals surface area contributed by atoms with Crippen molar-refractivity contribution in [3.63, 3.8) is 0 Å². The quantitative estimate of drug-likeness (QED) is 0.802. The number of benzene rings is 1. The molecule has 0 spiro atoms. The number of anilines is 1. The third-order valence-electron chi connectivity index (χ3n) is 3.82. The van der Waals surface area contributed by atoms with Gasteiger partial charge in [-0.2, -0.15) is 0 Å². The van der Waals surface area contributed by atoms with Gasteiger partial charge in [-0.25, -0.2) is 0 Å². The number of rotatable bonds is 2. The van der Waals surface area contributed by atoms with Crippen molar-refractivity contribution in [1.82, 2.24) is 10.6 Å². The average Bonchev–Trinajstić information content (AvgIpc) is 2.76. The molecule has 2 amide bonds. The molecule has 0 bridgehead atoms. The number of nitrogens with one attached hydrogen (secondary N) is 2. The van der Waals surface area contributed by atoms with E-state index < -0.39 is 0 Å². The van der Waals surface area contributed by atoms with Crippen molar-refractivity contribution in [1.29, 1.82) is 0 Å². The lowest BCUT2D eigenvalue weighted by atomic mass is 10.1. The summed E-state index contributed by atoms with van der Waals surface area (Å²) < 4.78 is 0. The zero-order valence-electron chi connectivity index (χ0n) is 12.9. The first-order chi connectivity index (χ1) is 10.9. The molecule has 0 radical (unpaired) electrons. The second kappa shape index (κ2) is 6.55. The number of nitrogens with zero attached hydrogens (tertiary/aromatic N) is 1. The van der Waals surface area contributed by atoms with Gasteiger partial charge in [-0.05, 0) is 37.8 Å². The highest BCUT2D eigenvalue weighted by atomic mass is 35.5. The summed E-state index contributed by atoms with van der Waals surface area (Å²) in [6, 6.07) is 6.32. The molecule has 0 saturated carbocycles. The third-order valence-corrected chi connectivity index (χ3v) is 4.94. The van der Waals surface area contributed by atoms with E-state index in [1.165, 1.54) is 0 Å². The lowest BCUT2D eigenvalue weighted by Gasteiger charge is -2.38. The molecule has 2 atom stereocenters. The van der Waals surface area contributed by atoms with Crippen LogP contribution in [-0.2, 0) is 4.79 Å². The van der Waals surface area contributed by atoms with Gasteiger partial charge in [0, 0.05) is 30.7 Å². The standard InChI is InChI=1S/C16H18ClN3O2S/c1-9-7-20(8-10(2)18-9)14-11(4-3-5-12(14)17)6-13-15(21)19-16(22)23-13/h3-6,9-10,18H,7-8H2,1-2H3,(H,19,21,22)/b13-6-/t9-,10+. The summed E-state index contributed by atoms with van der Waals surface area (Å²) in [6.45, 7) is 5.94. The molecule has 2 aliphatic rings. The van der Waals surface area contributed by atoms with E-state index in [2.05, 4.69) is 29.4 Å². The molecule has 1 aromatic carbocycles. The molecule has 1 aromatic rings. The number of amides is 2. The topological polar surface area (TPSA) is 61.4 Å². The van der Waals surface area contributed by atoms with Crippen molar-refractivity contribution in [2.24, 2.45) is 0 Å². The van der Waals surface area contributed by atoms with E-state index in [0.717, 1.165) is 36.1 Å². The van der Waals surface area contributed by atoms with Crippen LogP contribution in [0.4, 0.5) is 10.5 Å². The summed E-state index contributed by atoms with van der Waals surface area (Å²) in [7, 11) is 0. The fourth-order valence-electron chi connectivity index (χ4n) is 3.05. The molecule has 3 rings (SSSR count). The second-order valence-corrected chi connectivity index (χ2v) is 7.33. The van der Waals surface area contributed by atoms with E-state index in [4.69, 9.17) is 11.6 Å². The lowest BCUT2D eigenvalue weighted by Crippen LogP contribution is -2.54. The Morgan fingerprint density at radius 1 is 1.26 bits per heavy atom. The summed E-state index contributed by atoms with van der Waals surface area (Å²) in [5.74, 6) is -0.354. The van der Waals surface area contributed by atoms with Gasteiger partial charge in [-0.1, -0.05) is 23.7 Å². The molecule has 122 valence electrons. The summed E-state index contributed by atoms with van der Waals surface area (Å²) in [6.07, 6.45) is 1.74. The van der Waals surface area contributed by atoms with Crippen LogP contribution in [0, 0.1) is 0 Å². The smallest absolute Gasteiger partial charge is 0.290 e. The Hall–Kier alpha value is -1.50. The van der Waals surface area contributed by atoms with Gasteiger partial charge >= 0.3 is 0 Å². The van der Waals surface area contributed by atoms with Crippen molar-refractivity contribution >= 4 is 46.3 Å². The number of imide groups is 1. The monoisotopic (exact) mass is 351 g/mol. The molecule has 0 aliphatic carbocycles. The summed E-state index contributed by atoms with van der Waals surface area (Å²) in [5.41, 5.74) is 1.76. The van der Waals surface area contributed by atoms with Crippen molar-refractivity contribution in [2.75, 3.05) is 18.0 Å². The minimum absolute atomic E-state index is 0.339. The van der Waals surface area contributed by atoms with Crippen molar-refractivity contribution in [3.05, 3.63) is 33.7 Å². The Morgan fingerprint density at radius 2 is 1.96 bits per heavy atom. The second-order valence-electron chi connectivity index (χ2n) is 5.90. The minimum Gasteiger partial charge on any atom is -0.367 e. The highest BCUT2D eigenvalue weighted by Gasteiger charge is 2.27. The van der Waals surface area contributed by atoms with Crippen LogP contribution in [0.3, 0.4) is 0 Å². The highest BCUT2D eigenvalue weighted by Crippen LogP contribution is 2.35. The molecule has 2 N–H and O–H groups in total. The van der Waals surface area contributed by atoms with Crippen LogP contribution in [0.25, 0.3) is 6.08 Å². The Balaban J connectivity index is 1.99. The fourth-order valence-corrected chi connectivity index (χ4v) is 4.03. The third kappa shape index (κ3) is 3.54. The molecule has 0 aromatic heterocycles. The van der Waals surface area contributed by atoms with E-state index in [1.54, 1.807) is 6.08 Å². The Labute approximate surface area is 144 Å². The zero-order chi connectivity index (χ0) is 16.6. The van der Waals surface area contributed by atoms with E-state index in [9.17, 15) is 9.59 Å². The van der Waals surface area contributed by atoms with Gasteiger partial charge in [0.15, 0.2) is 0 Å². The number of para-hydroxylation sites is 1. The maximum atomic E-state index is 11.8. The highest BCUT2D eigenvalue weighted by molar-refractivity contribution is 8.18. The van der Waals surface area contributed by atoms with Crippen LogP contribution >= 0.6 is 23.4 Å². The summed E-state index contributed by atoms with van der Waals surface area (Å²) in [5, 5.41) is 6.08. The first kappa shape index (κ1) is 16.4. The van der Waals surface area contributed by atoms with Crippen molar-refractivity contribution < 1.29 is 9.59 Å². The van der Waals surface area contributed by atoms with E-state index in [-0.39, 0.29) is 11.1 Å². The van der Waals surface area contributed by atoms with E-state index in [1.807, 2.05) is 18.2 Å². The first-order valence-electron chi connectivity index (χ1n) is 7.48. The molecular formula is C16H18ClN3O2S. The maximum absolute atomic E-state index is 11.8. The Bertz CT molecular complexity index is 682. The number of hydrogen-bond acceptors (Lipinski definition) is 5. The van der Waals surface area contributed by atoms with Gasteiger partial charge < -0.3 is 10.2 Å². The number of carbonyl (C=O) groups excluding carboxylic acids is 2. The molecule has 0 unspecified atom stereocenters. The van der Waals surface area contributed by atoms with Crippen LogP contribution in [0.2, 0.25) is 5.02 Å². The minimum atomic E-state index is -0.354. The van der Waals surface area contributed by atoms with Crippen LogP contribution < -0.4 is 15.5 Å². The maximum Gasteiger partial charge on any atom is 0.290 e. The predicted octanol–water partition coefficient (Wildman–Crippen LogP) is 2.85. The van der Waals surface area contributed by atoms with Crippen molar-refractivity contribution in [3.8, 4) is 0 Å². The summed E-state index contributed by atoms with van der Waals surface area (Å²) >= 11 is 7.36. The van der Waals surface area contributed by atoms with Crippen LogP contribution in [0.15, 0.2) is 23.1 Å². The largest absolute Gasteiger partial charge is 0.367 e. The van der Waals surface area contributed by atoms with Gasteiger partial charge in [-0.3, -0.25) is 14.9 Å². The molecule has 7 heteroatoms. The van der Waals surface area contributed by atoms with Crippen molar-refractivity contribution in [2.45, 2.75) is 25.9 Å². The van der Waals surface area contributed by atoms with Gasteiger partial charge in [0.25, 0.3) is 11.1 Å². The number of piperazine rings is 1. The average molecular weight is 352 g/mol. The number of halogens is 1. The summed E-state index contributed by atoms with van der Waals surface area (Å²) in [4.78, 5) is 25.8. The first-order valence-corrected chi connectivity index (χ1v) is 8.68. The number of thioether (sulfide) groups is 1. The predicted molar refractivity (Wildman–Crippen MR) is 94.8 cm³/mol. The molecule has 23 heavy (non-hydrogen) atoms. The van der Waals surface area contributed by atoms with Gasteiger partial charge in [0.1, 0.15) is 0 Å². The molecule has 2 heterocycles. The molecule has 2 aliphatic heterocycles.